The van der Waals surface area contributed by atoms with Crippen molar-refractivity contribution in [2.45, 2.75) is 13.8 Å². The monoisotopic (exact) mass is 429 g/mol. The van der Waals surface area contributed by atoms with Gasteiger partial charge in [-0.15, -0.1) is 0 Å². The van der Waals surface area contributed by atoms with Crippen LogP contribution in [-0.4, -0.2) is 16.7 Å². The zero-order valence-electron chi connectivity index (χ0n) is 17.3. The number of nitrogens with zero attached hydrogens (tertiary/aromatic N) is 1. The molecule has 2 amide bonds. The van der Waals surface area contributed by atoms with Gasteiger partial charge in [0.05, 0.1) is 4.92 Å². The number of rotatable bonds is 5. The molecule has 2 N–H and O–H groups in total. The first-order valence-electron chi connectivity index (χ1n) is 9.79. The zero-order valence-corrected chi connectivity index (χ0v) is 17.3. The first kappa shape index (κ1) is 20.8. The van der Waals surface area contributed by atoms with Gasteiger partial charge in [-0.05, 0) is 61.9 Å². The molecule has 1 aromatic heterocycles. The Morgan fingerprint density at radius 2 is 1.66 bits per heavy atom. The minimum Gasteiger partial charge on any atom is -0.451 e. The zero-order chi connectivity index (χ0) is 22.8. The van der Waals surface area contributed by atoms with Crippen LogP contribution in [-0.2, 0) is 0 Å². The van der Waals surface area contributed by atoms with Crippen LogP contribution in [0.2, 0.25) is 0 Å². The average Bonchev–Trinajstić information content (AvgIpc) is 3.19. The van der Waals surface area contributed by atoms with Crippen LogP contribution in [0.3, 0.4) is 0 Å². The van der Waals surface area contributed by atoms with Gasteiger partial charge < -0.3 is 15.1 Å². The molecule has 160 valence electrons. The van der Waals surface area contributed by atoms with Gasteiger partial charge in [0, 0.05) is 34.0 Å². The van der Waals surface area contributed by atoms with Crippen LogP contribution in [0.5, 0.6) is 0 Å². The largest absolute Gasteiger partial charge is 0.451 e. The Kier molecular flexibility index (Phi) is 5.43. The normalized spacial score (nSPS) is 10.7. The number of fused-ring (bicyclic) bond motifs is 1. The first-order chi connectivity index (χ1) is 15.3. The van der Waals surface area contributed by atoms with Gasteiger partial charge in [-0.1, -0.05) is 18.2 Å². The maximum absolute atomic E-state index is 12.6. The second-order valence-corrected chi connectivity index (χ2v) is 7.34. The van der Waals surface area contributed by atoms with Gasteiger partial charge in [0.2, 0.25) is 0 Å². The van der Waals surface area contributed by atoms with Crippen molar-refractivity contribution < 1.29 is 18.9 Å². The fourth-order valence-corrected chi connectivity index (χ4v) is 3.36. The molecule has 8 heteroatoms. The summed E-state index contributed by atoms with van der Waals surface area (Å²) >= 11 is 0. The lowest BCUT2D eigenvalue weighted by Crippen LogP contribution is -2.14. The standard InChI is InChI=1S/C24H19N3O5/c1-14-12-18(25-23(28)17-7-10-20(27(30)31)15(2)11-17)8-9-19(14)26-24(29)22-13-16-5-3-4-6-21(16)32-22/h3-13H,1-2H3,(H,25,28)(H,26,29). The lowest BCUT2D eigenvalue weighted by atomic mass is 10.1. The number of anilines is 2. The summed E-state index contributed by atoms with van der Waals surface area (Å²) in [6, 6.07) is 18.3. The number of carbonyl (C=O) groups is 2. The number of aryl methyl sites for hydroxylation is 2. The molecule has 4 aromatic rings. The molecule has 0 atom stereocenters. The van der Waals surface area contributed by atoms with Gasteiger partial charge in [0.25, 0.3) is 17.5 Å². The molecule has 0 aliphatic heterocycles. The van der Waals surface area contributed by atoms with Crippen LogP contribution in [0.25, 0.3) is 11.0 Å². The second kappa shape index (κ2) is 8.35. The fourth-order valence-electron chi connectivity index (χ4n) is 3.36. The molecule has 0 aliphatic carbocycles. The smallest absolute Gasteiger partial charge is 0.291 e. The second-order valence-electron chi connectivity index (χ2n) is 7.34. The minimum absolute atomic E-state index is 0.0399. The van der Waals surface area contributed by atoms with E-state index in [2.05, 4.69) is 10.6 Å². The molecule has 0 bridgehead atoms. The minimum atomic E-state index is -0.487. The van der Waals surface area contributed by atoms with Crippen molar-refractivity contribution in [3.05, 3.63) is 99.3 Å². The number of furan rings is 1. The fraction of sp³-hybridized carbons (Fsp3) is 0.0833. The molecule has 3 aromatic carbocycles. The van der Waals surface area contributed by atoms with E-state index in [1.165, 1.54) is 18.2 Å². The summed E-state index contributed by atoms with van der Waals surface area (Å²) in [6.07, 6.45) is 0. The number of nitro benzene ring substituents is 1. The van der Waals surface area contributed by atoms with Gasteiger partial charge in [0.15, 0.2) is 5.76 Å². The van der Waals surface area contributed by atoms with E-state index >= 15 is 0 Å². The van der Waals surface area contributed by atoms with Crippen molar-refractivity contribution in [2.24, 2.45) is 0 Å². The van der Waals surface area contributed by atoms with Crippen LogP contribution in [0.4, 0.5) is 17.1 Å². The molecular formula is C24H19N3O5. The van der Waals surface area contributed by atoms with Gasteiger partial charge >= 0.3 is 0 Å². The topological polar surface area (TPSA) is 114 Å². The number of nitrogens with one attached hydrogen (secondary N) is 2. The van der Waals surface area contributed by atoms with Gasteiger partial charge in [0.1, 0.15) is 5.58 Å². The highest BCUT2D eigenvalue weighted by molar-refractivity contribution is 6.06. The lowest BCUT2D eigenvalue weighted by molar-refractivity contribution is -0.385. The molecule has 32 heavy (non-hydrogen) atoms. The van der Waals surface area contributed by atoms with Crippen molar-refractivity contribution in [3.63, 3.8) is 0 Å². The molecular weight excluding hydrogens is 410 g/mol. The highest BCUT2D eigenvalue weighted by Gasteiger charge is 2.16. The summed E-state index contributed by atoms with van der Waals surface area (Å²) in [5.74, 6) is -0.555. The van der Waals surface area contributed by atoms with Crippen LogP contribution in [0.1, 0.15) is 32.0 Å². The Balaban J connectivity index is 1.47. The number of carbonyl (C=O) groups excluding carboxylic acids is 2. The van der Waals surface area contributed by atoms with Crippen molar-refractivity contribution in [1.82, 2.24) is 0 Å². The van der Waals surface area contributed by atoms with Crippen molar-refractivity contribution in [2.75, 3.05) is 10.6 Å². The summed E-state index contributed by atoms with van der Waals surface area (Å²) in [7, 11) is 0. The summed E-state index contributed by atoms with van der Waals surface area (Å²) < 4.78 is 5.59. The predicted molar refractivity (Wildman–Crippen MR) is 121 cm³/mol. The van der Waals surface area contributed by atoms with E-state index in [4.69, 9.17) is 4.42 Å². The Morgan fingerprint density at radius 1 is 0.875 bits per heavy atom. The molecule has 0 saturated carbocycles. The third-order valence-electron chi connectivity index (χ3n) is 5.04. The molecule has 0 fully saturated rings. The maximum Gasteiger partial charge on any atom is 0.291 e. The number of amides is 2. The number of hydrogen-bond acceptors (Lipinski definition) is 5. The van der Waals surface area contributed by atoms with Crippen LogP contribution in [0, 0.1) is 24.0 Å². The van der Waals surface area contributed by atoms with Crippen molar-refractivity contribution in [3.8, 4) is 0 Å². The van der Waals surface area contributed by atoms with E-state index in [1.807, 2.05) is 18.2 Å². The van der Waals surface area contributed by atoms with Crippen molar-refractivity contribution >= 4 is 39.8 Å². The molecule has 0 spiro atoms. The quantitative estimate of drug-likeness (QED) is 0.323. The van der Waals surface area contributed by atoms with E-state index in [9.17, 15) is 19.7 Å². The number of para-hydroxylation sites is 1. The number of benzene rings is 3. The van der Waals surface area contributed by atoms with Gasteiger partial charge in [-0.2, -0.15) is 0 Å². The Hall–Kier alpha value is -4.46. The van der Waals surface area contributed by atoms with Crippen molar-refractivity contribution in [1.29, 1.82) is 0 Å². The predicted octanol–water partition coefficient (Wildman–Crippen LogP) is 5.46. The number of hydrogen-bond donors (Lipinski definition) is 2. The average molecular weight is 429 g/mol. The molecule has 4 rings (SSSR count). The summed E-state index contributed by atoms with van der Waals surface area (Å²) in [5, 5.41) is 17.4. The van der Waals surface area contributed by atoms with E-state index < -0.39 is 4.92 Å². The highest BCUT2D eigenvalue weighted by Crippen LogP contribution is 2.24. The molecule has 0 radical (unpaired) electrons. The molecule has 1 heterocycles. The summed E-state index contributed by atoms with van der Waals surface area (Å²) in [6.45, 7) is 3.39. The molecule has 0 saturated heterocycles. The Bertz CT molecular complexity index is 1340. The van der Waals surface area contributed by atoms with E-state index in [1.54, 1.807) is 44.2 Å². The Labute approximate surface area is 183 Å². The summed E-state index contributed by atoms with van der Waals surface area (Å²) in [5.41, 5.74) is 3.17. The van der Waals surface area contributed by atoms with Crippen LogP contribution < -0.4 is 10.6 Å². The summed E-state index contributed by atoms with van der Waals surface area (Å²) in [4.78, 5) is 35.6. The highest BCUT2D eigenvalue weighted by atomic mass is 16.6. The molecule has 0 aliphatic rings. The van der Waals surface area contributed by atoms with Crippen LogP contribution in [0.15, 0.2) is 71.1 Å². The van der Waals surface area contributed by atoms with Crippen LogP contribution >= 0.6 is 0 Å². The van der Waals surface area contributed by atoms with Gasteiger partial charge in [-0.25, -0.2) is 0 Å². The third-order valence-corrected chi connectivity index (χ3v) is 5.04. The Morgan fingerprint density at radius 3 is 2.34 bits per heavy atom. The van der Waals surface area contributed by atoms with E-state index in [0.29, 0.717) is 28.1 Å². The van der Waals surface area contributed by atoms with E-state index in [0.717, 1.165) is 10.9 Å². The number of nitro groups is 1. The van der Waals surface area contributed by atoms with E-state index in [-0.39, 0.29) is 23.3 Å². The van der Waals surface area contributed by atoms with Gasteiger partial charge in [-0.3, -0.25) is 19.7 Å². The third kappa shape index (κ3) is 4.20. The maximum atomic E-state index is 12.6. The SMILES string of the molecule is Cc1cc(NC(=O)c2ccc([N+](=O)[O-])c(C)c2)ccc1NC(=O)c1cc2ccccc2o1. The lowest BCUT2D eigenvalue weighted by Gasteiger charge is -2.11. The molecule has 0 unspecified atom stereocenters. The first-order valence-corrected chi connectivity index (χ1v) is 9.79. The molecule has 8 nitrogen and oxygen atoms in total.